The number of ether oxygens (including phenoxy) is 1. The van der Waals surface area contributed by atoms with Crippen LogP contribution >= 0.6 is 0 Å². The molecule has 0 unspecified atom stereocenters. The van der Waals surface area contributed by atoms with Crippen molar-refractivity contribution < 1.29 is 14.3 Å². The maximum Gasteiger partial charge on any atom is 0.407 e. The van der Waals surface area contributed by atoms with Crippen molar-refractivity contribution in [2.75, 3.05) is 18.9 Å². The van der Waals surface area contributed by atoms with Gasteiger partial charge >= 0.3 is 6.09 Å². The smallest absolute Gasteiger partial charge is 0.407 e. The molecule has 3 N–H and O–H groups in total. The fraction of sp³-hybridized carbons (Fsp3) is 0.111. The lowest BCUT2D eigenvalue weighted by Crippen LogP contribution is -2.31. The van der Waals surface area contributed by atoms with Gasteiger partial charge in [0.1, 0.15) is 6.61 Å². The highest BCUT2D eigenvalue weighted by Gasteiger charge is 2.29. The molecule has 5 heteroatoms. The van der Waals surface area contributed by atoms with Crippen molar-refractivity contribution in [3.63, 3.8) is 0 Å². The first-order valence-corrected chi connectivity index (χ1v) is 10.5. The van der Waals surface area contributed by atoms with Gasteiger partial charge in [-0.25, -0.2) is 4.79 Å². The van der Waals surface area contributed by atoms with Crippen LogP contribution in [0.2, 0.25) is 0 Å². The lowest BCUT2D eigenvalue weighted by Gasteiger charge is -2.14. The molecule has 0 atom stereocenters. The van der Waals surface area contributed by atoms with Crippen LogP contribution in [0.25, 0.3) is 21.9 Å². The predicted molar refractivity (Wildman–Crippen MR) is 126 cm³/mol. The Balaban J connectivity index is 1.22. The molecule has 0 aromatic heterocycles. The van der Waals surface area contributed by atoms with Gasteiger partial charge in [-0.3, -0.25) is 4.79 Å². The summed E-state index contributed by atoms with van der Waals surface area (Å²) in [7, 11) is 0. The largest absolute Gasteiger partial charge is 0.449 e. The summed E-state index contributed by atoms with van der Waals surface area (Å²) >= 11 is 0. The number of benzene rings is 4. The predicted octanol–water partition coefficient (Wildman–Crippen LogP) is 5.14. The second-order valence-corrected chi connectivity index (χ2v) is 7.89. The maximum absolute atomic E-state index is 12.6. The molecule has 5 rings (SSSR count). The van der Waals surface area contributed by atoms with Crippen LogP contribution in [0.5, 0.6) is 0 Å². The monoisotopic (exact) mass is 422 g/mol. The molecule has 0 saturated heterocycles. The van der Waals surface area contributed by atoms with Gasteiger partial charge in [0, 0.05) is 22.6 Å². The average Bonchev–Trinajstić information content (AvgIpc) is 3.15. The Hall–Kier alpha value is -4.12. The fourth-order valence-electron chi connectivity index (χ4n) is 4.39. The van der Waals surface area contributed by atoms with Crippen LogP contribution in [0.15, 0.2) is 84.9 Å². The Morgan fingerprint density at radius 3 is 2.25 bits per heavy atom. The van der Waals surface area contributed by atoms with Gasteiger partial charge in [0.25, 0.3) is 0 Å². The second-order valence-electron chi connectivity index (χ2n) is 7.89. The highest BCUT2D eigenvalue weighted by Crippen LogP contribution is 2.44. The molecule has 158 valence electrons. The summed E-state index contributed by atoms with van der Waals surface area (Å²) < 4.78 is 5.49. The number of nitrogens with one attached hydrogen (secondary N) is 1. The molecule has 5 nitrogen and oxygen atoms in total. The summed E-state index contributed by atoms with van der Waals surface area (Å²) in [6.45, 7) is 0.0772. The fourth-order valence-corrected chi connectivity index (χ4v) is 4.39. The van der Waals surface area contributed by atoms with Crippen molar-refractivity contribution in [1.82, 2.24) is 5.32 Å². The molecule has 0 aliphatic heterocycles. The van der Waals surface area contributed by atoms with Crippen LogP contribution in [0.3, 0.4) is 0 Å². The van der Waals surface area contributed by atoms with E-state index in [2.05, 4.69) is 29.6 Å². The van der Waals surface area contributed by atoms with Crippen LogP contribution in [0, 0.1) is 0 Å². The van der Waals surface area contributed by atoms with Crippen molar-refractivity contribution in [2.24, 2.45) is 0 Å². The minimum Gasteiger partial charge on any atom is -0.449 e. The molecule has 4 aromatic carbocycles. The SMILES string of the molecule is Nc1cccc2cc(C(=O)CNC(=O)OCC3c4ccccc4-c4ccccc43)ccc12. The Labute approximate surface area is 185 Å². The molecule has 1 amide bonds. The van der Waals surface area contributed by atoms with Crippen LogP contribution in [-0.2, 0) is 4.74 Å². The lowest BCUT2D eigenvalue weighted by molar-refractivity contribution is 0.0976. The number of anilines is 1. The number of nitrogen functional groups attached to an aromatic ring is 1. The lowest BCUT2D eigenvalue weighted by atomic mass is 9.98. The third kappa shape index (κ3) is 3.58. The van der Waals surface area contributed by atoms with E-state index in [1.54, 1.807) is 12.1 Å². The van der Waals surface area contributed by atoms with E-state index in [-0.39, 0.29) is 24.9 Å². The van der Waals surface area contributed by atoms with E-state index in [1.165, 1.54) is 11.1 Å². The van der Waals surface area contributed by atoms with E-state index in [0.29, 0.717) is 11.3 Å². The molecule has 32 heavy (non-hydrogen) atoms. The van der Waals surface area contributed by atoms with Crippen LogP contribution in [0.1, 0.15) is 27.4 Å². The topological polar surface area (TPSA) is 81.4 Å². The maximum atomic E-state index is 12.6. The van der Waals surface area contributed by atoms with E-state index < -0.39 is 6.09 Å². The van der Waals surface area contributed by atoms with Gasteiger partial charge in [-0.1, -0.05) is 72.8 Å². The summed E-state index contributed by atoms with van der Waals surface area (Å²) in [5.74, 6) is -0.211. The number of nitrogens with two attached hydrogens (primary N) is 1. The number of hydrogen-bond donors (Lipinski definition) is 2. The first-order chi connectivity index (χ1) is 15.6. The van der Waals surface area contributed by atoms with E-state index in [1.807, 2.05) is 48.5 Å². The number of hydrogen-bond acceptors (Lipinski definition) is 4. The van der Waals surface area contributed by atoms with Crippen molar-refractivity contribution in [1.29, 1.82) is 0 Å². The molecule has 0 bridgehead atoms. The summed E-state index contributed by atoms with van der Waals surface area (Å²) in [4.78, 5) is 24.9. The first-order valence-electron chi connectivity index (χ1n) is 10.5. The van der Waals surface area contributed by atoms with Crippen LogP contribution < -0.4 is 11.1 Å². The summed E-state index contributed by atoms with van der Waals surface area (Å²) in [5, 5.41) is 4.36. The number of carbonyl (C=O) groups is 2. The highest BCUT2D eigenvalue weighted by atomic mass is 16.5. The third-order valence-corrected chi connectivity index (χ3v) is 5.97. The van der Waals surface area contributed by atoms with Crippen molar-refractivity contribution in [3.05, 3.63) is 102 Å². The molecule has 0 spiro atoms. The summed E-state index contributed by atoms with van der Waals surface area (Å²) in [6, 6.07) is 27.2. The number of rotatable bonds is 5. The number of alkyl carbamates (subject to hydrolysis) is 1. The second kappa shape index (κ2) is 8.19. The molecule has 0 heterocycles. The van der Waals surface area contributed by atoms with Gasteiger partial charge in [-0.2, -0.15) is 0 Å². The third-order valence-electron chi connectivity index (χ3n) is 5.97. The van der Waals surface area contributed by atoms with Gasteiger partial charge in [0.15, 0.2) is 5.78 Å². The summed E-state index contributed by atoms with van der Waals surface area (Å²) in [5.41, 5.74) is 11.8. The highest BCUT2D eigenvalue weighted by molar-refractivity contribution is 6.03. The zero-order valence-corrected chi connectivity index (χ0v) is 17.4. The molecular formula is C27H22N2O3. The van der Waals surface area contributed by atoms with Crippen LogP contribution in [0.4, 0.5) is 10.5 Å². The molecule has 0 saturated carbocycles. The van der Waals surface area contributed by atoms with Crippen molar-refractivity contribution in [2.45, 2.75) is 5.92 Å². The normalized spacial score (nSPS) is 12.2. The zero-order valence-electron chi connectivity index (χ0n) is 17.4. The van der Waals surface area contributed by atoms with Crippen molar-refractivity contribution >= 4 is 28.3 Å². The minimum atomic E-state index is -0.606. The number of fused-ring (bicyclic) bond motifs is 4. The number of Topliss-reactive ketones (excluding diaryl/α,β-unsaturated/α-hetero) is 1. The average molecular weight is 422 g/mol. The van der Waals surface area contributed by atoms with E-state index >= 15 is 0 Å². The van der Waals surface area contributed by atoms with E-state index in [0.717, 1.165) is 21.9 Å². The van der Waals surface area contributed by atoms with Gasteiger partial charge < -0.3 is 15.8 Å². The first kappa shape index (κ1) is 19.8. The van der Waals surface area contributed by atoms with Crippen molar-refractivity contribution in [3.8, 4) is 11.1 Å². The number of ketones is 1. The summed E-state index contributed by atoms with van der Waals surface area (Å²) in [6.07, 6.45) is -0.606. The Kier molecular flexibility index (Phi) is 5.07. The Morgan fingerprint density at radius 1 is 0.844 bits per heavy atom. The van der Waals surface area contributed by atoms with Gasteiger partial charge in [-0.05, 0) is 39.8 Å². The molecule has 1 aliphatic rings. The van der Waals surface area contributed by atoms with Gasteiger partial charge in [0.2, 0.25) is 0 Å². The molecule has 0 radical (unpaired) electrons. The van der Waals surface area contributed by atoms with E-state index in [9.17, 15) is 9.59 Å². The molecular weight excluding hydrogens is 400 g/mol. The minimum absolute atomic E-state index is 0.0187. The Morgan fingerprint density at radius 2 is 1.53 bits per heavy atom. The van der Waals surface area contributed by atoms with E-state index in [4.69, 9.17) is 10.5 Å². The standard InChI is InChI=1S/C27H22N2O3/c28-25-11-5-6-17-14-18(12-13-19(17)25)26(30)15-29-27(31)32-16-24-22-9-3-1-7-20(22)21-8-2-4-10-23(21)24/h1-14,24H,15-16,28H2,(H,29,31). The Bertz CT molecular complexity index is 1300. The zero-order chi connectivity index (χ0) is 22.1. The molecule has 4 aromatic rings. The molecule has 0 fully saturated rings. The number of carbonyl (C=O) groups excluding carboxylic acids is 2. The molecule has 1 aliphatic carbocycles. The quantitative estimate of drug-likeness (QED) is 0.345. The number of amides is 1. The van der Waals surface area contributed by atoms with Crippen LogP contribution in [-0.4, -0.2) is 25.0 Å². The van der Waals surface area contributed by atoms with Gasteiger partial charge in [0.05, 0.1) is 6.54 Å². The van der Waals surface area contributed by atoms with Gasteiger partial charge in [-0.15, -0.1) is 0 Å².